The maximum Gasteiger partial charge on any atom is 0.311 e. The Morgan fingerprint density at radius 2 is 2.00 bits per heavy atom. The third-order valence-electron chi connectivity index (χ3n) is 4.74. The van der Waals surface area contributed by atoms with Gasteiger partial charge in [0, 0.05) is 18.9 Å². The molecule has 0 unspecified atom stereocenters. The van der Waals surface area contributed by atoms with Gasteiger partial charge in [-0.1, -0.05) is 19.3 Å². The second-order valence-corrected chi connectivity index (χ2v) is 6.32. The van der Waals surface area contributed by atoms with Gasteiger partial charge in [-0.3, -0.25) is 9.59 Å². The maximum absolute atomic E-state index is 12.2. The van der Waals surface area contributed by atoms with Gasteiger partial charge in [0.2, 0.25) is 0 Å². The summed E-state index contributed by atoms with van der Waals surface area (Å²) in [6, 6.07) is 1.93. The van der Waals surface area contributed by atoms with Gasteiger partial charge in [-0.05, 0) is 37.8 Å². The van der Waals surface area contributed by atoms with E-state index < -0.39 is 0 Å². The highest BCUT2D eigenvalue weighted by Crippen LogP contribution is 2.40. The lowest BCUT2D eigenvalue weighted by atomic mass is 9.72. The first kappa shape index (κ1) is 17.6. The maximum atomic E-state index is 12.2. The van der Waals surface area contributed by atoms with Gasteiger partial charge in [0.1, 0.15) is 0 Å². The van der Waals surface area contributed by atoms with Crippen molar-refractivity contribution < 1.29 is 19.1 Å². The molecule has 5 heteroatoms. The van der Waals surface area contributed by atoms with Crippen LogP contribution in [0.4, 0.5) is 0 Å². The number of hydrogen-bond acceptors (Lipinski definition) is 4. The van der Waals surface area contributed by atoms with Crippen LogP contribution in [-0.4, -0.2) is 30.2 Å². The molecule has 1 aromatic rings. The lowest BCUT2D eigenvalue weighted by Crippen LogP contribution is -2.35. The molecule has 0 spiro atoms. The zero-order valence-corrected chi connectivity index (χ0v) is 14.2. The van der Waals surface area contributed by atoms with Crippen LogP contribution < -0.4 is 0 Å². The molecule has 2 rings (SSSR count). The largest absolute Gasteiger partial charge is 0.469 e. The molecular weight excluding hydrogens is 294 g/mol. The third-order valence-corrected chi connectivity index (χ3v) is 4.74. The second kappa shape index (κ2) is 8.18. The van der Waals surface area contributed by atoms with Crippen molar-refractivity contribution in [1.29, 1.82) is 0 Å². The zero-order chi connectivity index (χ0) is 16.7. The average Bonchev–Trinajstić information content (AvgIpc) is 3.00. The van der Waals surface area contributed by atoms with Crippen LogP contribution in [0.2, 0.25) is 0 Å². The molecule has 0 aromatic carbocycles. The smallest absolute Gasteiger partial charge is 0.311 e. The molecular formula is C18H27NO4. The summed E-state index contributed by atoms with van der Waals surface area (Å²) >= 11 is 0. The van der Waals surface area contributed by atoms with Crippen LogP contribution in [0.25, 0.3) is 0 Å². The number of nitrogens with zero attached hydrogens (tertiary/aromatic N) is 1. The van der Waals surface area contributed by atoms with Crippen molar-refractivity contribution in [1.82, 2.24) is 4.57 Å². The highest BCUT2D eigenvalue weighted by molar-refractivity contribution is 5.76. The summed E-state index contributed by atoms with van der Waals surface area (Å²) in [4.78, 5) is 23.8. The first-order chi connectivity index (χ1) is 11.1. The molecule has 0 atom stereocenters. The Bertz CT molecular complexity index is 529. The van der Waals surface area contributed by atoms with Gasteiger partial charge in [-0.25, -0.2) is 0 Å². The molecule has 0 aliphatic heterocycles. The number of ether oxygens (including phenoxy) is 2. The van der Waals surface area contributed by atoms with E-state index in [9.17, 15) is 9.59 Å². The van der Waals surface area contributed by atoms with Gasteiger partial charge < -0.3 is 14.0 Å². The van der Waals surface area contributed by atoms with E-state index in [0.29, 0.717) is 13.0 Å². The Morgan fingerprint density at radius 1 is 1.26 bits per heavy atom. The van der Waals surface area contributed by atoms with Gasteiger partial charge in [0.05, 0.1) is 25.6 Å². The summed E-state index contributed by atoms with van der Waals surface area (Å²) in [5, 5.41) is 0. The van der Waals surface area contributed by atoms with E-state index in [1.165, 1.54) is 13.5 Å². The van der Waals surface area contributed by atoms with Crippen LogP contribution in [-0.2, 0) is 32.0 Å². The number of esters is 2. The fourth-order valence-corrected chi connectivity index (χ4v) is 3.46. The van der Waals surface area contributed by atoms with E-state index in [2.05, 4.69) is 0 Å². The fourth-order valence-electron chi connectivity index (χ4n) is 3.46. The predicted octanol–water partition coefficient (Wildman–Crippen LogP) is 3.11. The first-order valence-electron chi connectivity index (χ1n) is 8.48. The number of carbonyl (C=O) groups is 2. The molecule has 0 bridgehead atoms. The average molecular weight is 321 g/mol. The molecule has 1 aliphatic rings. The minimum Gasteiger partial charge on any atom is -0.469 e. The summed E-state index contributed by atoms with van der Waals surface area (Å²) in [6.07, 6.45) is 10.2. The molecule has 1 aromatic heterocycles. The second-order valence-electron chi connectivity index (χ2n) is 6.32. The molecule has 1 fully saturated rings. The zero-order valence-electron chi connectivity index (χ0n) is 14.2. The Labute approximate surface area is 138 Å². The van der Waals surface area contributed by atoms with Crippen LogP contribution in [0.5, 0.6) is 0 Å². The SMILES string of the molecule is CCOC(=O)Cc1ccn(CCC2(C(=O)OC)CCCCC2)c1. The first-order valence-corrected chi connectivity index (χ1v) is 8.48. The molecule has 0 saturated heterocycles. The van der Waals surface area contributed by atoms with Gasteiger partial charge in [-0.15, -0.1) is 0 Å². The van der Waals surface area contributed by atoms with Gasteiger partial charge in [0.25, 0.3) is 0 Å². The van der Waals surface area contributed by atoms with E-state index in [0.717, 1.165) is 44.2 Å². The monoisotopic (exact) mass is 321 g/mol. The number of hydrogen-bond donors (Lipinski definition) is 0. The van der Waals surface area contributed by atoms with Crippen molar-refractivity contribution in [3.63, 3.8) is 0 Å². The Hall–Kier alpha value is -1.78. The van der Waals surface area contributed by atoms with Crippen molar-refractivity contribution in [3.8, 4) is 0 Å². The molecule has 5 nitrogen and oxygen atoms in total. The molecule has 128 valence electrons. The highest BCUT2D eigenvalue weighted by atomic mass is 16.5. The van der Waals surface area contributed by atoms with Crippen LogP contribution in [0.15, 0.2) is 18.5 Å². The number of carbonyl (C=O) groups excluding carboxylic acids is 2. The summed E-state index contributed by atoms with van der Waals surface area (Å²) in [5.41, 5.74) is 0.609. The molecule has 1 aliphatic carbocycles. The Balaban J connectivity index is 1.94. The summed E-state index contributed by atoms with van der Waals surface area (Å²) < 4.78 is 12.1. The van der Waals surface area contributed by atoms with Gasteiger partial charge >= 0.3 is 11.9 Å². The minimum absolute atomic E-state index is 0.0731. The number of rotatable bonds is 7. The van der Waals surface area contributed by atoms with E-state index in [-0.39, 0.29) is 17.4 Å². The molecule has 0 amide bonds. The van der Waals surface area contributed by atoms with Crippen molar-refractivity contribution in [2.45, 2.75) is 58.4 Å². The third kappa shape index (κ3) is 4.60. The normalized spacial score (nSPS) is 16.8. The van der Waals surface area contributed by atoms with Crippen molar-refractivity contribution in [2.75, 3.05) is 13.7 Å². The number of aromatic nitrogens is 1. The number of aryl methyl sites for hydroxylation is 1. The van der Waals surface area contributed by atoms with E-state index >= 15 is 0 Å². The molecule has 1 saturated carbocycles. The molecule has 1 heterocycles. The minimum atomic E-state index is -0.335. The van der Waals surface area contributed by atoms with Crippen LogP contribution >= 0.6 is 0 Å². The predicted molar refractivity (Wildman–Crippen MR) is 86.9 cm³/mol. The summed E-state index contributed by atoms with van der Waals surface area (Å²) in [7, 11) is 1.48. The Morgan fingerprint density at radius 3 is 2.65 bits per heavy atom. The summed E-state index contributed by atoms with van der Waals surface area (Å²) in [5.74, 6) is -0.278. The molecule has 0 N–H and O–H groups in total. The molecule has 23 heavy (non-hydrogen) atoms. The quantitative estimate of drug-likeness (QED) is 0.724. The van der Waals surface area contributed by atoms with E-state index in [1.807, 2.05) is 23.0 Å². The Kier molecular flexibility index (Phi) is 6.25. The fraction of sp³-hybridized carbons (Fsp3) is 0.667. The molecule has 0 radical (unpaired) electrons. The van der Waals surface area contributed by atoms with E-state index in [1.54, 1.807) is 6.92 Å². The van der Waals surface area contributed by atoms with E-state index in [4.69, 9.17) is 9.47 Å². The van der Waals surface area contributed by atoms with Crippen molar-refractivity contribution in [3.05, 3.63) is 24.0 Å². The highest BCUT2D eigenvalue weighted by Gasteiger charge is 2.40. The standard InChI is InChI=1S/C18H27NO4/c1-3-23-16(20)13-15-7-11-19(14-15)12-10-18(17(21)22-2)8-5-4-6-9-18/h7,11,14H,3-6,8-10,12-13H2,1-2H3. The lowest BCUT2D eigenvalue weighted by Gasteiger charge is -2.34. The van der Waals surface area contributed by atoms with Crippen LogP contribution in [0, 0.1) is 5.41 Å². The lowest BCUT2D eigenvalue weighted by molar-refractivity contribution is -0.155. The van der Waals surface area contributed by atoms with Gasteiger partial charge in [0.15, 0.2) is 0 Å². The summed E-state index contributed by atoms with van der Waals surface area (Å²) in [6.45, 7) is 2.97. The van der Waals surface area contributed by atoms with Gasteiger partial charge in [-0.2, -0.15) is 0 Å². The van der Waals surface area contributed by atoms with Crippen LogP contribution in [0.1, 0.15) is 51.0 Å². The van der Waals surface area contributed by atoms with Crippen LogP contribution in [0.3, 0.4) is 0 Å². The number of methoxy groups -OCH3 is 1. The topological polar surface area (TPSA) is 57.5 Å². The van der Waals surface area contributed by atoms with Crippen molar-refractivity contribution in [2.24, 2.45) is 5.41 Å². The van der Waals surface area contributed by atoms with Crippen molar-refractivity contribution >= 4 is 11.9 Å².